The van der Waals surface area contributed by atoms with Crippen LogP contribution in [0, 0.1) is 11.8 Å². The van der Waals surface area contributed by atoms with E-state index in [1.807, 2.05) is 0 Å². The second kappa shape index (κ2) is 7.45. The van der Waals surface area contributed by atoms with Gasteiger partial charge in [0.05, 0.1) is 22.3 Å². The van der Waals surface area contributed by atoms with Gasteiger partial charge >= 0.3 is 24.7 Å². The molecule has 0 radical (unpaired) electrons. The van der Waals surface area contributed by atoms with Gasteiger partial charge in [-0.15, -0.1) is 0 Å². The molecule has 0 heterocycles. The van der Waals surface area contributed by atoms with E-state index < -0.39 is 58.1 Å². The first-order valence-corrected chi connectivity index (χ1v) is 7.48. The molecule has 162 valence electrons. The van der Waals surface area contributed by atoms with Crippen LogP contribution in [0.4, 0.5) is 52.7 Å². The molecular formula is C18H6F12. The minimum atomic E-state index is -5.20. The first-order valence-electron chi connectivity index (χ1n) is 7.48. The van der Waals surface area contributed by atoms with E-state index >= 15 is 0 Å². The van der Waals surface area contributed by atoms with Crippen LogP contribution in [0.1, 0.15) is 33.4 Å². The van der Waals surface area contributed by atoms with Crippen LogP contribution in [0.2, 0.25) is 0 Å². The lowest BCUT2D eigenvalue weighted by Gasteiger charge is -2.13. The Balaban J connectivity index is 2.64. The molecule has 0 aliphatic heterocycles. The Morgan fingerprint density at radius 3 is 0.733 bits per heavy atom. The molecule has 30 heavy (non-hydrogen) atoms. The summed E-state index contributed by atoms with van der Waals surface area (Å²) >= 11 is 0. The molecule has 0 saturated heterocycles. The first kappa shape index (κ1) is 23.4. The number of alkyl halides is 12. The highest BCUT2D eigenvalue weighted by Crippen LogP contribution is 2.37. The Kier molecular flexibility index (Phi) is 5.82. The van der Waals surface area contributed by atoms with Crippen molar-refractivity contribution >= 4 is 0 Å². The predicted octanol–water partition coefficient (Wildman–Crippen LogP) is 7.16. The fourth-order valence-electron chi connectivity index (χ4n) is 2.20. The smallest absolute Gasteiger partial charge is 0.166 e. The van der Waals surface area contributed by atoms with Gasteiger partial charge in [-0.3, -0.25) is 0 Å². The maximum atomic E-state index is 12.8. The molecule has 0 nitrogen and oxygen atoms in total. The molecule has 0 amide bonds. The normalized spacial score (nSPS) is 13.1. The second-order valence-electron chi connectivity index (χ2n) is 5.84. The lowest BCUT2D eigenvalue weighted by molar-refractivity contribution is -0.144. The van der Waals surface area contributed by atoms with E-state index in [9.17, 15) is 52.7 Å². The number of rotatable bonds is 0. The summed E-state index contributed by atoms with van der Waals surface area (Å²) in [5.74, 6) is 3.52. The Labute approximate surface area is 160 Å². The molecule has 12 heteroatoms. The van der Waals surface area contributed by atoms with Gasteiger partial charge < -0.3 is 0 Å². The molecule has 2 aromatic carbocycles. The summed E-state index contributed by atoms with van der Waals surface area (Å²) in [5, 5.41) is 0. The largest absolute Gasteiger partial charge is 0.416 e. The van der Waals surface area contributed by atoms with Crippen LogP contribution in [-0.2, 0) is 24.7 Å². The van der Waals surface area contributed by atoms with Crippen molar-refractivity contribution in [1.29, 1.82) is 0 Å². The monoisotopic (exact) mass is 450 g/mol. The molecule has 0 fully saturated rings. The molecule has 0 aliphatic rings. The predicted molar refractivity (Wildman–Crippen MR) is 78.9 cm³/mol. The van der Waals surface area contributed by atoms with Crippen LogP contribution < -0.4 is 0 Å². The van der Waals surface area contributed by atoms with E-state index in [1.54, 1.807) is 11.8 Å². The van der Waals surface area contributed by atoms with Gasteiger partial charge in [0, 0.05) is 11.1 Å². The van der Waals surface area contributed by atoms with Gasteiger partial charge in [0.25, 0.3) is 0 Å². The van der Waals surface area contributed by atoms with E-state index in [0.717, 1.165) is 0 Å². The molecule has 0 unspecified atom stereocenters. The molecule has 0 aromatic heterocycles. The van der Waals surface area contributed by atoms with Gasteiger partial charge in [-0.25, -0.2) is 0 Å². The average molecular weight is 450 g/mol. The number of benzene rings is 2. The third-order valence-electron chi connectivity index (χ3n) is 3.53. The van der Waals surface area contributed by atoms with Gasteiger partial charge in [-0.05, 0) is 36.4 Å². The van der Waals surface area contributed by atoms with Crippen LogP contribution >= 0.6 is 0 Å². The van der Waals surface area contributed by atoms with Crippen LogP contribution in [0.25, 0.3) is 0 Å². The maximum Gasteiger partial charge on any atom is 0.416 e. The third-order valence-corrected chi connectivity index (χ3v) is 3.53. The van der Waals surface area contributed by atoms with E-state index in [0.29, 0.717) is 0 Å². The summed E-state index contributed by atoms with van der Waals surface area (Å²) in [6.07, 6.45) is -20.8. The van der Waals surface area contributed by atoms with Crippen LogP contribution in [0.3, 0.4) is 0 Å². The average Bonchev–Trinajstić information content (AvgIpc) is 2.56. The van der Waals surface area contributed by atoms with Crippen molar-refractivity contribution in [3.05, 3.63) is 69.8 Å². The fourth-order valence-corrected chi connectivity index (χ4v) is 2.20. The van der Waals surface area contributed by atoms with E-state index in [2.05, 4.69) is 0 Å². The Morgan fingerprint density at radius 1 is 0.367 bits per heavy atom. The van der Waals surface area contributed by atoms with Gasteiger partial charge in [0.1, 0.15) is 0 Å². The molecule has 0 atom stereocenters. The highest BCUT2D eigenvalue weighted by molar-refractivity contribution is 5.49. The zero-order chi connectivity index (χ0) is 23.1. The number of hydrogen-bond acceptors (Lipinski definition) is 0. The quantitative estimate of drug-likeness (QED) is 0.295. The van der Waals surface area contributed by atoms with E-state index in [1.165, 1.54) is 0 Å². The molecule has 2 aromatic rings. The van der Waals surface area contributed by atoms with E-state index in [4.69, 9.17) is 0 Å². The molecule has 0 spiro atoms. The lowest BCUT2D eigenvalue weighted by Crippen LogP contribution is -2.11. The van der Waals surface area contributed by atoms with Crippen LogP contribution in [-0.4, -0.2) is 0 Å². The summed E-state index contributed by atoms with van der Waals surface area (Å²) in [5.41, 5.74) is -8.74. The van der Waals surface area contributed by atoms with Crippen molar-refractivity contribution in [2.45, 2.75) is 24.7 Å². The van der Waals surface area contributed by atoms with Gasteiger partial charge in [-0.1, -0.05) is 11.8 Å². The Hall–Kier alpha value is -2.84. The topological polar surface area (TPSA) is 0 Å². The van der Waals surface area contributed by atoms with E-state index in [-0.39, 0.29) is 36.4 Å². The van der Waals surface area contributed by atoms with Gasteiger partial charge in [0.2, 0.25) is 0 Å². The van der Waals surface area contributed by atoms with Gasteiger partial charge in [-0.2, -0.15) is 52.7 Å². The van der Waals surface area contributed by atoms with Crippen molar-refractivity contribution in [2.24, 2.45) is 0 Å². The summed E-state index contributed by atoms with van der Waals surface area (Å²) in [6.45, 7) is 0. The standard InChI is InChI=1S/C18H6F12/c19-15(20,21)11-3-9(4-12(7-11)16(22,23)24)1-2-10-5-13(17(25,26)27)8-14(6-10)18(28,29)30/h3-8H. The molecule has 2 rings (SSSR count). The van der Waals surface area contributed by atoms with Crippen molar-refractivity contribution in [2.75, 3.05) is 0 Å². The third kappa shape index (κ3) is 5.84. The Bertz CT molecular complexity index is 848. The van der Waals surface area contributed by atoms with Crippen molar-refractivity contribution in [3.8, 4) is 11.8 Å². The molecular weight excluding hydrogens is 444 g/mol. The summed E-state index contributed by atoms with van der Waals surface area (Å²) in [7, 11) is 0. The molecule has 0 saturated carbocycles. The minimum absolute atomic E-state index is 0.195. The van der Waals surface area contributed by atoms with Crippen molar-refractivity contribution in [3.63, 3.8) is 0 Å². The Morgan fingerprint density at radius 2 is 0.567 bits per heavy atom. The lowest BCUT2D eigenvalue weighted by atomic mass is 10.0. The SMILES string of the molecule is FC(F)(F)c1cc(C#Cc2cc(C(F)(F)F)cc(C(F)(F)F)c2)cc(C(F)(F)F)c1. The molecule has 0 N–H and O–H groups in total. The first-order chi connectivity index (χ1) is 13.4. The fraction of sp³-hybridized carbons (Fsp3) is 0.222. The zero-order valence-corrected chi connectivity index (χ0v) is 14.0. The maximum absolute atomic E-state index is 12.8. The molecule has 0 aliphatic carbocycles. The van der Waals surface area contributed by atoms with Crippen LogP contribution in [0.5, 0.6) is 0 Å². The second-order valence-corrected chi connectivity index (χ2v) is 5.84. The summed E-state index contributed by atoms with van der Waals surface area (Å²) < 4.78 is 154. The zero-order valence-electron chi connectivity index (χ0n) is 14.0. The highest BCUT2D eigenvalue weighted by atomic mass is 19.4. The highest BCUT2D eigenvalue weighted by Gasteiger charge is 2.38. The van der Waals surface area contributed by atoms with Crippen LogP contribution in [0.15, 0.2) is 36.4 Å². The number of halogens is 12. The van der Waals surface area contributed by atoms with Gasteiger partial charge in [0.15, 0.2) is 0 Å². The molecule has 0 bridgehead atoms. The van der Waals surface area contributed by atoms with Crippen molar-refractivity contribution < 1.29 is 52.7 Å². The number of hydrogen-bond donors (Lipinski definition) is 0. The summed E-state index contributed by atoms with van der Waals surface area (Å²) in [4.78, 5) is 0. The minimum Gasteiger partial charge on any atom is -0.166 e. The van der Waals surface area contributed by atoms with Crippen molar-refractivity contribution in [1.82, 2.24) is 0 Å². The summed E-state index contributed by atoms with van der Waals surface area (Å²) in [6, 6.07) is 0.385.